The topological polar surface area (TPSA) is 23.5 Å². The quantitative estimate of drug-likeness (QED) is 0.787. The number of rotatable bonds is 5. The highest BCUT2D eigenvalue weighted by molar-refractivity contribution is 5.44. The first-order valence-electron chi connectivity index (χ1n) is 6.75. The number of nitrogens with zero attached hydrogens (tertiary/aromatic N) is 1. The predicted octanol–water partition coefficient (Wildman–Crippen LogP) is 3.50. The van der Waals surface area contributed by atoms with E-state index in [1.165, 1.54) is 30.4 Å². The van der Waals surface area contributed by atoms with Crippen molar-refractivity contribution in [3.63, 3.8) is 0 Å². The maximum Gasteiger partial charge on any atom is 0.119 e. The van der Waals surface area contributed by atoms with E-state index in [9.17, 15) is 5.11 Å². The molecule has 0 fully saturated rings. The average Bonchev–Trinajstić information content (AvgIpc) is 2.74. The minimum Gasteiger partial charge on any atom is -0.508 e. The molecule has 0 saturated carbocycles. The number of hydrogen-bond acceptors (Lipinski definition) is 2. The van der Waals surface area contributed by atoms with Crippen LogP contribution in [0.5, 0.6) is 5.75 Å². The van der Waals surface area contributed by atoms with Crippen LogP contribution in [0, 0.1) is 0 Å². The molecule has 2 nitrogen and oxygen atoms in total. The molecule has 1 unspecified atom stereocenters. The summed E-state index contributed by atoms with van der Waals surface area (Å²) in [5, 5.41) is 9.83. The molecule has 1 aromatic carbocycles. The maximum atomic E-state index is 9.83. The van der Waals surface area contributed by atoms with Gasteiger partial charge in [-0.3, -0.25) is 4.90 Å². The second kappa shape index (κ2) is 5.54. The first-order chi connectivity index (χ1) is 8.24. The van der Waals surface area contributed by atoms with E-state index in [2.05, 4.69) is 24.9 Å². The Hall–Kier alpha value is -1.02. The Bertz CT molecular complexity index is 375. The van der Waals surface area contributed by atoms with Crippen LogP contribution in [0.2, 0.25) is 0 Å². The molecule has 0 aromatic heterocycles. The van der Waals surface area contributed by atoms with E-state index >= 15 is 0 Å². The smallest absolute Gasteiger partial charge is 0.119 e. The minimum atomic E-state index is 0.479. The Labute approximate surface area is 104 Å². The van der Waals surface area contributed by atoms with Crippen molar-refractivity contribution in [2.45, 2.75) is 45.1 Å². The van der Waals surface area contributed by atoms with Crippen LogP contribution in [0.3, 0.4) is 0 Å². The van der Waals surface area contributed by atoms with Gasteiger partial charge in [0.1, 0.15) is 5.75 Å². The highest BCUT2D eigenvalue weighted by atomic mass is 16.3. The Morgan fingerprint density at radius 2 is 2.18 bits per heavy atom. The summed E-state index contributed by atoms with van der Waals surface area (Å²) in [6, 6.07) is 6.45. The van der Waals surface area contributed by atoms with Crippen LogP contribution in [-0.2, 0) is 6.42 Å². The molecule has 1 aliphatic rings. The van der Waals surface area contributed by atoms with Crippen molar-refractivity contribution in [3.8, 4) is 5.75 Å². The average molecular weight is 233 g/mol. The van der Waals surface area contributed by atoms with E-state index in [-0.39, 0.29) is 0 Å². The maximum absolute atomic E-state index is 9.83. The first kappa shape index (κ1) is 12.4. The van der Waals surface area contributed by atoms with Gasteiger partial charge >= 0.3 is 0 Å². The first-order valence-corrected chi connectivity index (χ1v) is 6.75. The van der Waals surface area contributed by atoms with Gasteiger partial charge in [-0.1, -0.05) is 31.9 Å². The Balaban J connectivity index is 2.03. The molecule has 1 aromatic rings. The summed E-state index contributed by atoms with van der Waals surface area (Å²) in [6.45, 7) is 3.40. The molecule has 2 rings (SSSR count). The van der Waals surface area contributed by atoms with Crippen LogP contribution in [0.1, 0.15) is 49.8 Å². The Morgan fingerprint density at radius 3 is 2.94 bits per heavy atom. The van der Waals surface area contributed by atoms with Gasteiger partial charge in [0, 0.05) is 6.04 Å². The molecule has 0 amide bonds. The molecule has 17 heavy (non-hydrogen) atoms. The second-order valence-corrected chi connectivity index (χ2v) is 5.09. The highest BCUT2D eigenvalue weighted by Crippen LogP contribution is 2.39. The van der Waals surface area contributed by atoms with Crippen molar-refractivity contribution < 1.29 is 5.11 Å². The fraction of sp³-hybridized carbons (Fsp3) is 0.600. The van der Waals surface area contributed by atoms with E-state index in [4.69, 9.17) is 0 Å². The number of phenolic OH excluding ortho intramolecular Hbond substituents is 1. The van der Waals surface area contributed by atoms with E-state index < -0.39 is 0 Å². The van der Waals surface area contributed by atoms with Crippen molar-refractivity contribution in [2.75, 3.05) is 13.6 Å². The van der Waals surface area contributed by atoms with Crippen LogP contribution in [-0.4, -0.2) is 23.6 Å². The third-order valence-electron chi connectivity index (χ3n) is 3.86. The monoisotopic (exact) mass is 233 g/mol. The van der Waals surface area contributed by atoms with Crippen molar-refractivity contribution in [2.24, 2.45) is 0 Å². The summed E-state index contributed by atoms with van der Waals surface area (Å²) in [5.41, 5.74) is 2.50. The molecule has 1 N–H and O–H groups in total. The summed E-state index contributed by atoms with van der Waals surface area (Å²) in [7, 11) is 2.21. The molecule has 2 heteroatoms. The minimum absolute atomic E-state index is 0.479. The summed E-state index contributed by atoms with van der Waals surface area (Å²) >= 11 is 0. The van der Waals surface area contributed by atoms with Crippen molar-refractivity contribution in [1.29, 1.82) is 0 Å². The molecular formula is C15H23NO. The van der Waals surface area contributed by atoms with E-state index in [0.717, 1.165) is 19.4 Å². The lowest BCUT2D eigenvalue weighted by Gasteiger charge is -2.25. The number of hydrogen-bond donors (Lipinski definition) is 1. The molecule has 0 saturated heterocycles. The number of aromatic hydroxyl groups is 1. The molecule has 1 atom stereocenters. The summed E-state index contributed by atoms with van der Waals surface area (Å²) in [4.78, 5) is 2.45. The number of benzene rings is 1. The van der Waals surface area contributed by atoms with Crippen molar-refractivity contribution in [1.82, 2.24) is 4.90 Å². The molecular weight excluding hydrogens is 210 g/mol. The summed E-state index contributed by atoms with van der Waals surface area (Å²) in [5.74, 6) is 0.479. The van der Waals surface area contributed by atoms with Gasteiger partial charge in [0.2, 0.25) is 0 Å². The van der Waals surface area contributed by atoms with Gasteiger partial charge in [-0.2, -0.15) is 0 Å². The fourth-order valence-corrected chi connectivity index (χ4v) is 2.84. The normalized spacial score (nSPS) is 18.6. The highest BCUT2D eigenvalue weighted by Gasteiger charge is 2.27. The fourth-order valence-electron chi connectivity index (χ4n) is 2.84. The van der Waals surface area contributed by atoms with Gasteiger partial charge in [0.15, 0.2) is 0 Å². The van der Waals surface area contributed by atoms with Gasteiger partial charge in [-0.05, 0) is 50.0 Å². The Morgan fingerprint density at radius 1 is 1.35 bits per heavy atom. The van der Waals surface area contributed by atoms with E-state index in [1.807, 2.05) is 6.07 Å². The molecule has 1 aliphatic carbocycles. The second-order valence-electron chi connectivity index (χ2n) is 5.09. The van der Waals surface area contributed by atoms with Gasteiger partial charge in [-0.15, -0.1) is 0 Å². The van der Waals surface area contributed by atoms with Crippen LogP contribution < -0.4 is 0 Å². The van der Waals surface area contributed by atoms with Crippen LogP contribution in [0.25, 0.3) is 0 Å². The third-order valence-corrected chi connectivity index (χ3v) is 3.86. The van der Waals surface area contributed by atoms with Gasteiger partial charge in [0.05, 0.1) is 0 Å². The zero-order valence-electron chi connectivity index (χ0n) is 10.9. The van der Waals surface area contributed by atoms with Crippen LogP contribution >= 0.6 is 0 Å². The predicted molar refractivity (Wildman–Crippen MR) is 71.3 cm³/mol. The molecule has 0 heterocycles. The van der Waals surface area contributed by atoms with Crippen molar-refractivity contribution >= 4 is 0 Å². The largest absolute Gasteiger partial charge is 0.508 e. The summed E-state index contributed by atoms with van der Waals surface area (Å²) < 4.78 is 0. The molecule has 0 bridgehead atoms. The molecule has 0 spiro atoms. The molecule has 0 radical (unpaired) electrons. The van der Waals surface area contributed by atoms with Crippen molar-refractivity contribution in [3.05, 3.63) is 29.3 Å². The van der Waals surface area contributed by atoms with Gasteiger partial charge in [-0.25, -0.2) is 0 Å². The molecule has 0 aliphatic heterocycles. The molecule has 94 valence electrons. The lowest BCUT2D eigenvalue weighted by atomic mass is 10.1. The standard InChI is InChI=1S/C15H23NO/c1-3-4-5-11-16(2)14-10-9-13-12(14)7-6-8-15(13)17/h6-8,14,17H,3-5,9-11H2,1-2H3. The number of fused-ring (bicyclic) bond motifs is 1. The SMILES string of the molecule is CCCCCN(C)C1CCc2c(O)cccc21. The third kappa shape index (κ3) is 2.63. The summed E-state index contributed by atoms with van der Waals surface area (Å²) in [6.07, 6.45) is 6.03. The Kier molecular flexibility index (Phi) is 4.06. The van der Waals surface area contributed by atoms with Gasteiger partial charge < -0.3 is 5.11 Å². The lowest BCUT2D eigenvalue weighted by molar-refractivity contribution is 0.239. The van der Waals surface area contributed by atoms with Gasteiger partial charge in [0.25, 0.3) is 0 Å². The van der Waals surface area contributed by atoms with Crippen LogP contribution in [0.15, 0.2) is 18.2 Å². The van der Waals surface area contributed by atoms with Crippen LogP contribution in [0.4, 0.5) is 0 Å². The zero-order chi connectivity index (χ0) is 12.3. The lowest BCUT2D eigenvalue weighted by Crippen LogP contribution is -2.24. The van der Waals surface area contributed by atoms with E-state index in [0.29, 0.717) is 11.8 Å². The zero-order valence-corrected chi connectivity index (χ0v) is 10.9. The van der Waals surface area contributed by atoms with E-state index in [1.54, 1.807) is 6.07 Å². The number of phenols is 1. The number of unbranched alkanes of at least 4 members (excludes halogenated alkanes) is 2.